The van der Waals surface area contributed by atoms with E-state index in [2.05, 4.69) is 24.9 Å². The van der Waals surface area contributed by atoms with E-state index in [0.29, 0.717) is 35.4 Å². The lowest BCUT2D eigenvalue weighted by atomic mass is 9.99. The van der Waals surface area contributed by atoms with Crippen LogP contribution in [0.1, 0.15) is 25.3 Å². The van der Waals surface area contributed by atoms with Gasteiger partial charge >= 0.3 is 6.36 Å². The molecule has 0 saturated carbocycles. The lowest BCUT2D eigenvalue weighted by Gasteiger charge is -2.42. The van der Waals surface area contributed by atoms with E-state index in [1.807, 2.05) is 6.92 Å². The molecule has 2 bridgehead atoms. The lowest BCUT2D eigenvalue weighted by Crippen LogP contribution is -2.62. The summed E-state index contributed by atoms with van der Waals surface area (Å²) in [5.41, 5.74) is 5.48. The number of piperazine rings is 1. The average Bonchev–Trinajstić information content (AvgIpc) is 3.11. The molecule has 0 spiro atoms. The van der Waals surface area contributed by atoms with Crippen molar-refractivity contribution in [3.8, 4) is 22.9 Å². The number of alkyl halides is 3. The van der Waals surface area contributed by atoms with E-state index in [0.717, 1.165) is 12.8 Å². The Kier molecular flexibility index (Phi) is 4.98. The number of aryl methyl sites for hydroxylation is 1. The number of aromatic nitrogens is 2. The number of benzene rings is 1. The Bertz CT molecular complexity index is 1400. The summed E-state index contributed by atoms with van der Waals surface area (Å²) in [7, 11) is 0. The van der Waals surface area contributed by atoms with Crippen molar-refractivity contribution in [2.24, 2.45) is 0 Å². The summed E-state index contributed by atoms with van der Waals surface area (Å²) in [6, 6.07) is 1.71. The summed E-state index contributed by atoms with van der Waals surface area (Å²) in [4.78, 5) is 11.2. The smallest absolute Gasteiger partial charge is 0.472 e. The minimum Gasteiger partial charge on any atom is -0.472 e. The molecule has 3 aliphatic rings. The highest BCUT2D eigenvalue weighted by Crippen LogP contribution is 2.45. The van der Waals surface area contributed by atoms with Crippen LogP contribution >= 0.6 is 0 Å². The second kappa shape index (κ2) is 7.79. The molecule has 4 unspecified atom stereocenters. The molecule has 2 fully saturated rings. The van der Waals surface area contributed by atoms with E-state index in [-0.39, 0.29) is 52.4 Å². The Morgan fingerprint density at radius 3 is 2.72 bits per heavy atom. The highest BCUT2D eigenvalue weighted by Gasteiger charge is 2.46. The van der Waals surface area contributed by atoms with Crippen molar-refractivity contribution in [3.63, 3.8) is 0 Å². The number of nitrogens with zero attached hydrogens (tertiary/aromatic N) is 3. The molecule has 0 amide bonds. The van der Waals surface area contributed by atoms with Gasteiger partial charge in [0.05, 0.1) is 11.4 Å². The monoisotopic (exact) mass is 507 g/mol. The van der Waals surface area contributed by atoms with Crippen molar-refractivity contribution in [2.45, 2.75) is 57.3 Å². The Labute approximate surface area is 202 Å². The molecule has 12 heteroatoms. The highest BCUT2D eigenvalue weighted by molar-refractivity contribution is 6.01. The third-order valence-electron chi connectivity index (χ3n) is 7.20. The van der Waals surface area contributed by atoms with Crippen LogP contribution in [0.25, 0.3) is 22.0 Å². The molecule has 190 valence electrons. The van der Waals surface area contributed by atoms with Gasteiger partial charge in [-0.3, -0.25) is 0 Å². The zero-order chi connectivity index (χ0) is 25.5. The summed E-state index contributed by atoms with van der Waals surface area (Å²) in [6.45, 7) is 4.24. The van der Waals surface area contributed by atoms with Crippen LogP contribution in [-0.2, 0) is 0 Å². The van der Waals surface area contributed by atoms with Crippen LogP contribution in [0.15, 0.2) is 18.3 Å². The fraction of sp³-hybridized carbons (Fsp3) is 0.417. The third-order valence-corrected chi connectivity index (χ3v) is 7.20. The van der Waals surface area contributed by atoms with E-state index in [4.69, 9.17) is 10.5 Å². The van der Waals surface area contributed by atoms with Gasteiger partial charge in [0.2, 0.25) is 5.88 Å². The number of halogens is 5. The zero-order valence-corrected chi connectivity index (χ0v) is 19.3. The predicted octanol–water partition coefficient (Wildman–Crippen LogP) is 4.45. The quantitative estimate of drug-likeness (QED) is 0.392. The molecule has 0 radical (unpaired) electrons. The van der Waals surface area contributed by atoms with Crippen LogP contribution in [-0.4, -0.2) is 47.1 Å². The van der Waals surface area contributed by atoms with E-state index in [1.165, 1.54) is 0 Å². The molecule has 3 aliphatic heterocycles. The molecular weight excluding hydrogens is 485 g/mol. The first-order chi connectivity index (χ1) is 17.0. The molecule has 36 heavy (non-hydrogen) atoms. The van der Waals surface area contributed by atoms with Gasteiger partial charge in [0.1, 0.15) is 17.6 Å². The maximum absolute atomic E-state index is 16.1. The van der Waals surface area contributed by atoms with Crippen LogP contribution < -0.4 is 25.4 Å². The number of rotatable bonds is 2. The molecule has 6 rings (SSSR count). The van der Waals surface area contributed by atoms with E-state index in [9.17, 15) is 17.6 Å². The van der Waals surface area contributed by atoms with Gasteiger partial charge in [0.25, 0.3) is 0 Å². The molecule has 4 atom stereocenters. The van der Waals surface area contributed by atoms with Gasteiger partial charge in [-0.15, -0.1) is 13.2 Å². The fourth-order valence-electron chi connectivity index (χ4n) is 5.76. The Morgan fingerprint density at radius 2 is 1.97 bits per heavy atom. The molecule has 5 heterocycles. The van der Waals surface area contributed by atoms with Gasteiger partial charge in [-0.25, -0.2) is 18.7 Å². The van der Waals surface area contributed by atoms with E-state index in [1.54, 1.807) is 13.1 Å². The first-order valence-electron chi connectivity index (χ1n) is 11.5. The molecule has 3 aromatic rings. The van der Waals surface area contributed by atoms with Crippen molar-refractivity contribution < 1.29 is 31.4 Å². The second-order valence-corrected chi connectivity index (χ2v) is 9.53. The molecule has 7 nitrogen and oxygen atoms in total. The van der Waals surface area contributed by atoms with Crippen molar-refractivity contribution in [1.29, 1.82) is 0 Å². The molecule has 2 saturated heterocycles. The largest absolute Gasteiger partial charge is 0.573 e. The first kappa shape index (κ1) is 23.0. The minimum absolute atomic E-state index is 0.0782. The van der Waals surface area contributed by atoms with Crippen molar-refractivity contribution in [2.75, 3.05) is 17.2 Å². The van der Waals surface area contributed by atoms with Crippen LogP contribution in [0.3, 0.4) is 0 Å². The maximum Gasteiger partial charge on any atom is 0.573 e. The number of anilines is 2. The van der Waals surface area contributed by atoms with E-state index < -0.39 is 23.7 Å². The minimum atomic E-state index is -5.15. The van der Waals surface area contributed by atoms with Crippen LogP contribution in [0.5, 0.6) is 11.6 Å². The number of fused-ring (bicyclic) bond motifs is 5. The van der Waals surface area contributed by atoms with Gasteiger partial charge in [-0.05, 0) is 38.3 Å². The van der Waals surface area contributed by atoms with Gasteiger partial charge < -0.3 is 25.4 Å². The number of hydrogen-bond acceptors (Lipinski definition) is 7. The van der Waals surface area contributed by atoms with Gasteiger partial charge in [0, 0.05) is 47.5 Å². The normalized spacial score (nSPS) is 24.9. The van der Waals surface area contributed by atoms with Crippen molar-refractivity contribution in [3.05, 3.63) is 35.5 Å². The van der Waals surface area contributed by atoms with Crippen molar-refractivity contribution in [1.82, 2.24) is 15.3 Å². The predicted molar refractivity (Wildman–Crippen MR) is 122 cm³/mol. The second-order valence-electron chi connectivity index (χ2n) is 9.53. The average molecular weight is 507 g/mol. The molecule has 3 N–H and O–H groups in total. The summed E-state index contributed by atoms with van der Waals surface area (Å²) in [5, 5.41) is 4.16. The van der Waals surface area contributed by atoms with Crippen LogP contribution in [0.2, 0.25) is 0 Å². The Balaban J connectivity index is 1.58. The van der Waals surface area contributed by atoms with E-state index >= 15 is 4.39 Å². The van der Waals surface area contributed by atoms with Gasteiger partial charge in [-0.2, -0.15) is 0 Å². The maximum atomic E-state index is 16.1. The SMILES string of the molecule is Cc1cnc2c3c(nc(-c4cc(OC(F)(F)F)c(F)cc4N)c(F)c13)OC(C)C1C3CCC(CN21)N3. The summed E-state index contributed by atoms with van der Waals surface area (Å²) in [6.07, 6.45) is -1.98. The number of nitrogens with two attached hydrogens (primary N) is 1. The summed E-state index contributed by atoms with van der Waals surface area (Å²) >= 11 is 0. The molecule has 0 aliphatic carbocycles. The standard InChI is InChI=1S/C24H22F5N5O2/c1-9-7-31-22-18-17(9)19(26)20(12-5-16(36-24(27,28)29)13(25)6-14(12)30)33-23(18)35-10(2)21-15-4-3-11(32-15)8-34(21)22/h5-7,10-11,15,21,32H,3-4,8,30H2,1-2H3. The summed E-state index contributed by atoms with van der Waals surface area (Å²) in [5.74, 6) is -2.66. The van der Waals surface area contributed by atoms with Crippen molar-refractivity contribution >= 4 is 22.3 Å². The number of pyridine rings is 2. The number of nitrogen functional groups attached to an aromatic ring is 1. The molecule has 1 aromatic carbocycles. The fourth-order valence-corrected chi connectivity index (χ4v) is 5.76. The first-order valence-corrected chi connectivity index (χ1v) is 11.5. The van der Waals surface area contributed by atoms with Gasteiger partial charge in [-0.1, -0.05) is 0 Å². The molecule has 2 aromatic heterocycles. The van der Waals surface area contributed by atoms with Crippen LogP contribution in [0.4, 0.5) is 33.5 Å². The Hall–Kier alpha value is -3.41. The summed E-state index contributed by atoms with van der Waals surface area (Å²) < 4.78 is 78.8. The molecular formula is C24H22F5N5O2. The van der Waals surface area contributed by atoms with Gasteiger partial charge in [0.15, 0.2) is 17.4 Å². The number of ether oxygens (including phenoxy) is 2. The zero-order valence-electron chi connectivity index (χ0n) is 19.3. The third kappa shape index (κ3) is 3.49. The highest BCUT2D eigenvalue weighted by atomic mass is 19.4. The lowest BCUT2D eigenvalue weighted by molar-refractivity contribution is -0.275. The number of nitrogens with one attached hydrogen (secondary N) is 1. The number of hydrogen-bond donors (Lipinski definition) is 2. The topological polar surface area (TPSA) is 85.5 Å². The Morgan fingerprint density at radius 1 is 1.19 bits per heavy atom. The van der Waals surface area contributed by atoms with Crippen LogP contribution in [0, 0.1) is 18.6 Å².